The molecule has 2 aromatic heterocycles. The smallest absolute Gasteiger partial charge is 0.221 e. The molecule has 0 aliphatic heterocycles. The van der Waals surface area contributed by atoms with Crippen molar-refractivity contribution in [3.63, 3.8) is 0 Å². The molecule has 0 bridgehead atoms. The zero-order chi connectivity index (χ0) is 14.2. The third-order valence-electron chi connectivity index (χ3n) is 2.62. The maximum absolute atomic E-state index is 11.5. The molecule has 0 aliphatic rings. The Balaban J connectivity index is 1.59. The number of nitrogens with zero attached hydrogens (tertiary/aromatic N) is 4. The van der Waals surface area contributed by atoms with Gasteiger partial charge in [-0.1, -0.05) is 0 Å². The zero-order valence-corrected chi connectivity index (χ0v) is 10.9. The second kappa shape index (κ2) is 7.07. The Morgan fingerprint density at radius 1 is 0.850 bits per heavy atom. The van der Waals surface area contributed by atoms with Crippen LogP contribution in [0, 0.1) is 0 Å². The molecule has 2 amide bonds. The fourth-order valence-electron chi connectivity index (χ4n) is 1.52. The van der Waals surface area contributed by atoms with Gasteiger partial charge in [-0.05, 0) is 0 Å². The van der Waals surface area contributed by atoms with Crippen LogP contribution >= 0.6 is 0 Å². The number of carbonyl (C=O) groups excluding carboxylic acids is 2. The Hall–Kier alpha value is -2.64. The summed E-state index contributed by atoms with van der Waals surface area (Å²) in [4.78, 5) is 30.8. The minimum atomic E-state index is -0.170. The highest BCUT2D eigenvalue weighted by Crippen LogP contribution is 1.91. The normalized spacial score (nSPS) is 10.2. The van der Waals surface area contributed by atoms with E-state index in [0.717, 1.165) is 0 Å². The Morgan fingerprint density at radius 3 is 1.65 bits per heavy atom. The van der Waals surface area contributed by atoms with Crippen molar-refractivity contribution >= 4 is 11.8 Å². The maximum atomic E-state index is 11.5. The molecule has 0 atom stereocenters. The predicted molar refractivity (Wildman–Crippen MR) is 70.0 cm³/mol. The third-order valence-corrected chi connectivity index (χ3v) is 2.62. The number of imidazole rings is 2. The number of carbonyl (C=O) groups is 2. The Morgan fingerprint density at radius 2 is 1.30 bits per heavy atom. The summed E-state index contributed by atoms with van der Waals surface area (Å²) in [5, 5.41) is 5.40. The average Bonchev–Trinajstić information content (AvgIpc) is 3.13. The fraction of sp³-hybridized carbons (Fsp3) is 0.333. The summed E-state index contributed by atoms with van der Waals surface area (Å²) in [5.74, 6) is -0.340. The molecule has 0 unspecified atom stereocenters. The van der Waals surface area contributed by atoms with Gasteiger partial charge < -0.3 is 19.8 Å². The van der Waals surface area contributed by atoms with Crippen LogP contribution in [-0.2, 0) is 22.9 Å². The van der Waals surface area contributed by atoms with E-state index in [4.69, 9.17) is 0 Å². The van der Waals surface area contributed by atoms with Gasteiger partial charge in [-0.15, -0.1) is 0 Å². The highest BCUT2D eigenvalue weighted by atomic mass is 16.2. The van der Waals surface area contributed by atoms with E-state index < -0.39 is 0 Å². The first-order valence-electron chi connectivity index (χ1n) is 6.19. The highest BCUT2D eigenvalue weighted by Gasteiger charge is 2.06. The minimum Gasteiger partial charge on any atom is -0.338 e. The van der Waals surface area contributed by atoms with Crippen molar-refractivity contribution in [2.75, 3.05) is 0 Å². The van der Waals surface area contributed by atoms with Crippen molar-refractivity contribution in [3.8, 4) is 0 Å². The largest absolute Gasteiger partial charge is 0.338 e. The quantitative estimate of drug-likeness (QED) is 0.726. The second-order valence-electron chi connectivity index (χ2n) is 4.17. The van der Waals surface area contributed by atoms with Gasteiger partial charge in [-0.2, -0.15) is 0 Å². The van der Waals surface area contributed by atoms with E-state index in [-0.39, 0.29) is 24.7 Å². The van der Waals surface area contributed by atoms with Crippen LogP contribution in [0.15, 0.2) is 37.4 Å². The standard InChI is InChI=1S/C12H16N6O2/c19-11(15-9-17-5-3-13-7-17)1-2-12(20)16-10-18-6-4-14-8-18/h3-8H,1-2,9-10H2,(H,15,19)(H,16,20). The van der Waals surface area contributed by atoms with Gasteiger partial charge in [0.2, 0.25) is 11.8 Å². The molecule has 8 heteroatoms. The lowest BCUT2D eigenvalue weighted by Gasteiger charge is -2.07. The number of rotatable bonds is 7. The number of hydrogen-bond donors (Lipinski definition) is 2. The lowest BCUT2D eigenvalue weighted by molar-refractivity contribution is -0.127. The van der Waals surface area contributed by atoms with Crippen molar-refractivity contribution in [3.05, 3.63) is 37.4 Å². The molecule has 20 heavy (non-hydrogen) atoms. The van der Waals surface area contributed by atoms with Gasteiger partial charge in [-0.25, -0.2) is 9.97 Å². The van der Waals surface area contributed by atoms with Crippen LogP contribution in [0.25, 0.3) is 0 Å². The number of amides is 2. The molecule has 2 N–H and O–H groups in total. The highest BCUT2D eigenvalue weighted by molar-refractivity contribution is 5.83. The third kappa shape index (κ3) is 4.56. The Bertz CT molecular complexity index is 484. The Kier molecular flexibility index (Phi) is 4.87. The monoisotopic (exact) mass is 276 g/mol. The molecule has 0 radical (unpaired) electrons. The van der Waals surface area contributed by atoms with Crippen LogP contribution in [0.1, 0.15) is 12.8 Å². The van der Waals surface area contributed by atoms with Gasteiger partial charge in [0.15, 0.2) is 0 Å². The summed E-state index contributed by atoms with van der Waals surface area (Å²) >= 11 is 0. The molecule has 0 spiro atoms. The van der Waals surface area contributed by atoms with Gasteiger partial charge in [-0.3, -0.25) is 9.59 Å². The summed E-state index contributed by atoms with van der Waals surface area (Å²) < 4.78 is 3.47. The first kappa shape index (κ1) is 13.8. The van der Waals surface area contributed by atoms with Crippen LogP contribution in [0.2, 0.25) is 0 Å². The van der Waals surface area contributed by atoms with Crippen molar-refractivity contribution in [1.29, 1.82) is 0 Å². The lowest BCUT2D eigenvalue weighted by Crippen LogP contribution is -2.29. The van der Waals surface area contributed by atoms with Gasteiger partial charge in [0, 0.05) is 37.6 Å². The van der Waals surface area contributed by atoms with Gasteiger partial charge in [0.25, 0.3) is 0 Å². The van der Waals surface area contributed by atoms with Gasteiger partial charge in [0.05, 0.1) is 26.0 Å². The zero-order valence-electron chi connectivity index (χ0n) is 10.9. The van der Waals surface area contributed by atoms with Crippen LogP contribution in [0.5, 0.6) is 0 Å². The average molecular weight is 276 g/mol. The minimum absolute atomic E-state index is 0.157. The van der Waals surface area contributed by atoms with Crippen LogP contribution < -0.4 is 10.6 Å². The molecule has 2 aromatic rings. The molecule has 0 saturated heterocycles. The van der Waals surface area contributed by atoms with E-state index in [1.165, 1.54) is 0 Å². The molecule has 0 fully saturated rings. The van der Waals surface area contributed by atoms with E-state index in [1.807, 2.05) is 0 Å². The summed E-state index contributed by atoms with van der Waals surface area (Å²) in [6, 6.07) is 0. The van der Waals surface area contributed by atoms with Crippen molar-refractivity contribution in [1.82, 2.24) is 29.7 Å². The summed E-state index contributed by atoms with van der Waals surface area (Å²) in [6.45, 7) is 0.713. The van der Waals surface area contributed by atoms with Gasteiger partial charge in [0.1, 0.15) is 0 Å². The first-order valence-corrected chi connectivity index (χ1v) is 6.19. The molecule has 2 rings (SSSR count). The topological polar surface area (TPSA) is 93.8 Å². The van der Waals surface area contributed by atoms with E-state index in [2.05, 4.69) is 20.6 Å². The molecule has 0 aromatic carbocycles. The van der Waals surface area contributed by atoms with E-state index in [0.29, 0.717) is 13.3 Å². The van der Waals surface area contributed by atoms with E-state index >= 15 is 0 Å². The van der Waals surface area contributed by atoms with Crippen molar-refractivity contribution in [2.45, 2.75) is 26.2 Å². The molecule has 0 aliphatic carbocycles. The fourth-order valence-corrected chi connectivity index (χ4v) is 1.52. The van der Waals surface area contributed by atoms with Crippen molar-refractivity contribution < 1.29 is 9.59 Å². The SMILES string of the molecule is O=C(CCC(=O)NCn1ccnc1)NCn1ccnc1. The number of aromatic nitrogens is 4. The molecule has 8 nitrogen and oxygen atoms in total. The number of hydrogen-bond acceptors (Lipinski definition) is 4. The molecule has 106 valence electrons. The van der Waals surface area contributed by atoms with Crippen LogP contribution in [0.3, 0.4) is 0 Å². The van der Waals surface area contributed by atoms with Crippen LogP contribution in [0.4, 0.5) is 0 Å². The van der Waals surface area contributed by atoms with E-state index in [1.54, 1.807) is 46.6 Å². The molecule has 2 heterocycles. The summed E-state index contributed by atoms with van der Waals surface area (Å²) in [5.41, 5.74) is 0. The first-order chi connectivity index (χ1) is 9.74. The van der Waals surface area contributed by atoms with Gasteiger partial charge >= 0.3 is 0 Å². The molecular weight excluding hydrogens is 260 g/mol. The van der Waals surface area contributed by atoms with Crippen molar-refractivity contribution in [2.24, 2.45) is 0 Å². The lowest BCUT2D eigenvalue weighted by atomic mass is 10.3. The predicted octanol–water partition coefficient (Wildman–Crippen LogP) is -0.293. The molecule has 0 saturated carbocycles. The Labute approximate surface area is 115 Å². The van der Waals surface area contributed by atoms with Crippen LogP contribution in [-0.4, -0.2) is 30.9 Å². The summed E-state index contributed by atoms with van der Waals surface area (Å²) in [7, 11) is 0. The summed E-state index contributed by atoms with van der Waals surface area (Å²) in [6.07, 6.45) is 10.3. The maximum Gasteiger partial charge on any atom is 0.221 e. The number of nitrogens with one attached hydrogen (secondary N) is 2. The molecular formula is C12H16N6O2. The second-order valence-corrected chi connectivity index (χ2v) is 4.17. The van der Waals surface area contributed by atoms with E-state index in [9.17, 15) is 9.59 Å².